The second-order valence-corrected chi connectivity index (χ2v) is 5.30. The number of carbonyl (C=O) groups excluding carboxylic acids is 2. The van der Waals surface area contributed by atoms with Crippen LogP contribution in [0.3, 0.4) is 0 Å². The summed E-state index contributed by atoms with van der Waals surface area (Å²) in [7, 11) is 0. The molecule has 0 fully saturated rings. The van der Waals surface area contributed by atoms with Crippen molar-refractivity contribution in [3.63, 3.8) is 0 Å². The lowest BCUT2D eigenvalue weighted by atomic mass is 10.2. The lowest BCUT2D eigenvalue weighted by molar-refractivity contribution is -0.139. The molecule has 2 N–H and O–H groups in total. The Labute approximate surface area is 110 Å². The molecule has 0 radical (unpaired) electrons. The lowest BCUT2D eigenvalue weighted by Crippen LogP contribution is -2.44. The molecule has 18 heavy (non-hydrogen) atoms. The van der Waals surface area contributed by atoms with Gasteiger partial charge in [-0.2, -0.15) is 5.26 Å². The molecule has 0 saturated heterocycles. The third-order valence-electron chi connectivity index (χ3n) is 2.22. The highest BCUT2D eigenvalue weighted by Crippen LogP contribution is 2.16. The second kappa shape index (κ2) is 6.77. The van der Waals surface area contributed by atoms with Crippen LogP contribution < -0.4 is 10.6 Å². The molecule has 1 aromatic rings. The van der Waals surface area contributed by atoms with Crippen molar-refractivity contribution >= 4 is 23.2 Å². The molecule has 0 saturated carbocycles. The van der Waals surface area contributed by atoms with Crippen molar-refractivity contribution in [2.24, 2.45) is 0 Å². The lowest BCUT2D eigenvalue weighted by Gasteiger charge is -2.12. The van der Waals surface area contributed by atoms with Gasteiger partial charge >= 0.3 is 11.8 Å². The first-order valence-corrected chi connectivity index (χ1v) is 6.35. The Kier molecular flexibility index (Phi) is 5.33. The molecule has 1 atom stereocenters. The Bertz CT molecular complexity index is 476. The predicted molar refractivity (Wildman–Crippen MR) is 69.0 cm³/mol. The number of nitrogens with one attached hydrogen (secondary N) is 2. The van der Waals surface area contributed by atoms with Gasteiger partial charge in [-0.3, -0.25) is 9.59 Å². The van der Waals surface area contributed by atoms with Crippen molar-refractivity contribution in [1.82, 2.24) is 10.6 Å². The third-order valence-corrected chi connectivity index (χ3v) is 3.24. The van der Waals surface area contributed by atoms with Crippen LogP contribution in [0, 0.1) is 18.3 Å². The molecule has 0 aliphatic rings. The molecule has 2 amide bonds. The van der Waals surface area contributed by atoms with Crippen molar-refractivity contribution in [2.75, 3.05) is 6.54 Å². The average molecular weight is 265 g/mol. The van der Waals surface area contributed by atoms with Gasteiger partial charge in [-0.1, -0.05) is 0 Å². The van der Waals surface area contributed by atoms with Gasteiger partial charge in [0.05, 0.1) is 6.07 Å². The van der Waals surface area contributed by atoms with Gasteiger partial charge in [0.15, 0.2) is 0 Å². The van der Waals surface area contributed by atoms with Crippen LogP contribution in [0.4, 0.5) is 0 Å². The average Bonchev–Trinajstić information content (AvgIpc) is 2.71. The van der Waals surface area contributed by atoms with E-state index in [2.05, 4.69) is 10.6 Å². The summed E-state index contributed by atoms with van der Waals surface area (Å²) in [6.07, 6.45) is 0.690. The molecule has 0 spiro atoms. The monoisotopic (exact) mass is 265 g/mol. The SMILES string of the molecule is Cc1ccc(CC(C)NC(=O)C(=O)NCC#N)s1. The van der Waals surface area contributed by atoms with E-state index in [0.29, 0.717) is 6.42 Å². The summed E-state index contributed by atoms with van der Waals surface area (Å²) in [6, 6.07) is 5.65. The zero-order chi connectivity index (χ0) is 13.5. The minimum Gasteiger partial charge on any atom is -0.345 e. The highest BCUT2D eigenvalue weighted by molar-refractivity contribution is 7.11. The normalized spacial score (nSPS) is 11.4. The van der Waals surface area contributed by atoms with Crippen LogP contribution in [0.5, 0.6) is 0 Å². The first-order chi connectivity index (χ1) is 8.52. The van der Waals surface area contributed by atoms with Crippen molar-refractivity contribution < 1.29 is 9.59 Å². The fraction of sp³-hybridized carbons (Fsp3) is 0.417. The molecule has 5 nitrogen and oxygen atoms in total. The maximum absolute atomic E-state index is 11.4. The zero-order valence-corrected chi connectivity index (χ0v) is 11.1. The van der Waals surface area contributed by atoms with Crippen LogP contribution in [0.15, 0.2) is 12.1 Å². The Morgan fingerprint density at radius 3 is 2.72 bits per heavy atom. The molecule has 1 aromatic heterocycles. The van der Waals surface area contributed by atoms with Gasteiger partial charge in [-0.15, -0.1) is 11.3 Å². The highest BCUT2D eigenvalue weighted by Gasteiger charge is 2.15. The largest absolute Gasteiger partial charge is 0.345 e. The van der Waals surface area contributed by atoms with Crippen LogP contribution in [0.2, 0.25) is 0 Å². The summed E-state index contributed by atoms with van der Waals surface area (Å²) in [6.45, 7) is 3.70. The van der Waals surface area contributed by atoms with Gasteiger partial charge in [0.25, 0.3) is 0 Å². The van der Waals surface area contributed by atoms with Gasteiger partial charge in [-0.25, -0.2) is 0 Å². The van der Waals surface area contributed by atoms with E-state index < -0.39 is 11.8 Å². The summed E-state index contributed by atoms with van der Waals surface area (Å²) >= 11 is 1.67. The van der Waals surface area contributed by atoms with E-state index in [0.717, 1.165) is 4.88 Å². The number of hydrogen-bond donors (Lipinski definition) is 2. The number of carbonyl (C=O) groups is 2. The topological polar surface area (TPSA) is 82.0 Å². The number of amides is 2. The van der Waals surface area contributed by atoms with Crippen LogP contribution in [-0.2, 0) is 16.0 Å². The van der Waals surface area contributed by atoms with E-state index >= 15 is 0 Å². The van der Waals surface area contributed by atoms with Crippen LogP contribution in [-0.4, -0.2) is 24.4 Å². The number of hydrogen-bond acceptors (Lipinski definition) is 4. The molecule has 0 bridgehead atoms. The Hall–Kier alpha value is -1.87. The highest BCUT2D eigenvalue weighted by atomic mass is 32.1. The van der Waals surface area contributed by atoms with E-state index in [1.54, 1.807) is 17.4 Å². The van der Waals surface area contributed by atoms with E-state index in [9.17, 15) is 9.59 Å². The molecule has 1 rings (SSSR count). The zero-order valence-electron chi connectivity index (χ0n) is 10.3. The van der Waals surface area contributed by atoms with Gasteiger partial charge in [-0.05, 0) is 26.0 Å². The third kappa shape index (κ3) is 4.55. The number of rotatable bonds is 4. The van der Waals surface area contributed by atoms with Gasteiger partial charge in [0, 0.05) is 22.2 Å². The first-order valence-electron chi connectivity index (χ1n) is 5.54. The fourth-order valence-corrected chi connectivity index (χ4v) is 2.46. The molecule has 0 aromatic carbocycles. The Balaban J connectivity index is 2.40. The van der Waals surface area contributed by atoms with Gasteiger partial charge < -0.3 is 10.6 Å². The summed E-state index contributed by atoms with van der Waals surface area (Å²) in [5.41, 5.74) is 0. The molecule has 0 aliphatic heterocycles. The van der Waals surface area contributed by atoms with Crippen molar-refractivity contribution in [3.05, 3.63) is 21.9 Å². The van der Waals surface area contributed by atoms with Crippen molar-refractivity contribution in [3.8, 4) is 6.07 Å². The minimum absolute atomic E-state index is 0.122. The maximum atomic E-state index is 11.4. The molecule has 6 heteroatoms. The Morgan fingerprint density at radius 1 is 1.44 bits per heavy atom. The van der Waals surface area contributed by atoms with Gasteiger partial charge in [0.1, 0.15) is 6.54 Å². The number of nitrogens with zero attached hydrogens (tertiary/aromatic N) is 1. The first kappa shape index (κ1) is 14.2. The van der Waals surface area contributed by atoms with E-state index in [-0.39, 0.29) is 12.6 Å². The second-order valence-electron chi connectivity index (χ2n) is 3.93. The van der Waals surface area contributed by atoms with Crippen LogP contribution in [0.25, 0.3) is 0 Å². The smallest absolute Gasteiger partial charge is 0.310 e. The van der Waals surface area contributed by atoms with E-state index in [4.69, 9.17) is 5.26 Å². The molecular formula is C12H15N3O2S. The van der Waals surface area contributed by atoms with E-state index in [1.165, 1.54) is 4.88 Å². The summed E-state index contributed by atoms with van der Waals surface area (Å²) in [5, 5.41) is 13.1. The summed E-state index contributed by atoms with van der Waals surface area (Å²) in [4.78, 5) is 25.0. The standard InChI is InChI=1S/C12H15N3O2S/c1-8(7-10-4-3-9(2)18-10)15-12(17)11(16)14-6-5-13/h3-4,8H,6-7H2,1-2H3,(H,14,16)(H,15,17). The van der Waals surface area contributed by atoms with Gasteiger partial charge in [0.2, 0.25) is 0 Å². The van der Waals surface area contributed by atoms with Crippen LogP contribution in [0.1, 0.15) is 16.7 Å². The summed E-state index contributed by atoms with van der Waals surface area (Å²) < 4.78 is 0. The summed E-state index contributed by atoms with van der Waals surface area (Å²) in [5.74, 6) is -1.48. The fourth-order valence-electron chi connectivity index (χ4n) is 1.44. The molecular weight excluding hydrogens is 250 g/mol. The van der Waals surface area contributed by atoms with E-state index in [1.807, 2.05) is 26.0 Å². The molecule has 1 unspecified atom stereocenters. The maximum Gasteiger partial charge on any atom is 0.310 e. The van der Waals surface area contributed by atoms with Crippen molar-refractivity contribution in [1.29, 1.82) is 5.26 Å². The molecule has 96 valence electrons. The minimum atomic E-state index is -0.772. The van der Waals surface area contributed by atoms with Crippen molar-refractivity contribution in [2.45, 2.75) is 26.3 Å². The Morgan fingerprint density at radius 2 is 2.17 bits per heavy atom. The predicted octanol–water partition coefficient (Wildman–Crippen LogP) is 0.743. The molecule has 0 aliphatic carbocycles. The quantitative estimate of drug-likeness (QED) is 0.622. The number of nitriles is 1. The number of thiophene rings is 1. The molecule has 1 heterocycles. The number of aryl methyl sites for hydroxylation is 1. The van der Waals surface area contributed by atoms with Crippen LogP contribution >= 0.6 is 11.3 Å².